The first kappa shape index (κ1) is 21.5. The van der Waals surface area contributed by atoms with Crippen molar-refractivity contribution in [1.82, 2.24) is 0 Å². The standard InChI is InChI=1S/C12H18N2O7S.ClH/c1-5(15)19-8-4-18-11(22-12(13)14)10(21-7(3)17)9(8)20-6(2)16;/h8-11H,4H2,1-3H3,(H3,13,14);1H. The van der Waals surface area contributed by atoms with Crippen molar-refractivity contribution in [2.24, 2.45) is 5.73 Å². The maximum atomic E-state index is 11.3. The molecule has 1 saturated heterocycles. The Morgan fingerprint density at radius 2 is 1.52 bits per heavy atom. The van der Waals surface area contributed by atoms with E-state index < -0.39 is 41.7 Å². The third-order valence-corrected chi connectivity index (χ3v) is 3.44. The molecule has 3 N–H and O–H groups in total. The van der Waals surface area contributed by atoms with Crippen molar-refractivity contribution < 1.29 is 33.3 Å². The lowest BCUT2D eigenvalue weighted by atomic mass is 10.1. The molecule has 0 aromatic heterocycles. The Balaban J connectivity index is 0.00000484. The fraction of sp³-hybridized carbons (Fsp3) is 0.667. The smallest absolute Gasteiger partial charge is 0.303 e. The predicted octanol–water partition coefficient (Wildman–Crippen LogP) is 0.186. The molecule has 0 aromatic carbocycles. The average molecular weight is 371 g/mol. The van der Waals surface area contributed by atoms with E-state index in [1.807, 2.05) is 0 Å². The van der Waals surface area contributed by atoms with Gasteiger partial charge in [0.25, 0.3) is 0 Å². The minimum atomic E-state index is -1.06. The lowest BCUT2D eigenvalue weighted by molar-refractivity contribution is -0.213. The van der Waals surface area contributed by atoms with Crippen LogP contribution in [0.4, 0.5) is 0 Å². The number of hydrogen-bond acceptors (Lipinski definition) is 9. The summed E-state index contributed by atoms with van der Waals surface area (Å²) in [6.45, 7) is 3.47. The Morgan fingerprint density at radius 1 is 1.04 bits per heavy atom. The first-order valence-corrected chi connectivity index (χ1v) is 7.22. The second-order valence-corrected chi connectivity index (χ2v) is 5.62. The van der Waals surface area contributed by atoms with Gasteiger partial charge in [-0.05, 0) is 0 Å². The van der Waals surface area contributed by atoms with Crippen LogP contribution in [-0.2, 0) is 33.3 Å². The maximum Gasteiger partial charge on any atom is 0.303 e. The maximum absolute atomic E-state index is 11.3. The van der Waals surface area contributed by atoms with Crippen molar-refractivity contribution in [3.8, 4) is 0 Å². The highest BCUT2D eigenvalue weighted by atomic mass is 35.5. The van der Waals surface area contributed by atoms with Crippen LogP contribution in [0.25, 0.3) is 0 Å². The average Bonchev–Trinajstić information content (AvgIpc) is 2.34. The predicted molar refractivity (Wildman–Crippen MR) is 83.2 cm³/mol. The van der Waals surface area contributed by atoms with Crippen LogP contribution in [0.5, 0.6) is 0 Å². The first-order chi connectivity index (χ1) is 10.2. The summed E-state index contributed by atoms with van der Waals surface area (Å²) in [7, 11) is 0. The van der Waals surface area contributed by atoms with E-state index in [1.165, 1.54) is 20.8 Å². The molecule has 132 valence electrons. The zero-order valence-corrected chi connectivity index (χ0v) is 14.4. The number of hydrogen-bond donors (Lipinski definition) is 2. The van der Waals surface area contributed by atoms with Gasteiger partial charge < -0.3 is 24.7 Å². The van der Waals surface area contributed by atoms with Gasteiger partial charge >= 0.3 is 17.9 Å². The molecule has 4 atom stereocenters. The summed E-state index contributed by atoms with van der Waals surface area (Å²) in [6.07, 6.45) is -3.03. The third kappa shape index (κ3) is 7.06. The highest BCUT2D eigenvalue weighted by Crippen LogP contribution is 2.30. The lowest BCUT2D eigenvalue weighted by Crippen LogP contribution is -2.56. The van der Waals surface area contributed by atoms with E-state index in [0.29, 0.717) is 0 Å². The number of thioether (sulfide) groups is 1. The van der Waals surface area contributed by atoms with Crippen molar-refractivity contribution in [2.45, 2.75) is 44.5 Å². The van der Waals surface area contributed by atoms with E-state index in [9.17, 15) is 14.4 Å². The molecule has 1 heterocycles. The topological polar surface area (TPSA) is 138 Å². The Labute approximate surface area is 143 Å². The zero-order valence-electron chi connectivity index (χ0n) is 12.8. The molecule has 0 bridgehead atoms. The SMILES string of the molecule is CC(=O)OC1COC(SC(=N)N)C(OC(C)=O)C1OC(C)=O.Cl. The number of carbonyl (C=O) groups excluding carboxylic acids is 3. The van der Waals surface area contributed by atoms with E-state index in [4.69, 9.17) is 30.1 Å². The molecule has 1 fully saturated rings. The van der Waals surface area contributed by atoms with Gasteiger partial charge in [-0.2, -0.15) is 0 Å². The molecule has 9 nitrogen and oxygen atoms in total. The third-order valence-electron chi connectivity index (χ3n) is 2.55. The molecule has 0 amide bonds. The van der Waals surface area contributed by atoms with E-state index in [1.54, 1.807) is 0 Å². The van der Waals surface area contributed by atoms with E-state index in [2.05, 4.69) is 0 Å². The van der Waals surface area contributed by atoms with Crippen molar-refractivity contribution in [3.63, 3.8) is 0 Å². The molecule has 0 saturated carbocycles. The molecule has 1 aliphatic heterocycles. The van der Waals surface area contributed by atoms with Crippen molar-refractivity contribution in [3.05, 3.63) is 0 Å². The molecule has 0 radical (unpaired) electrons. The molecule has 11 heteroatoms. The number of rotatable bonds is 4. The second-order valence-electron chi connectivity index (χ2n) is 4.48. The summed E-state index contributed by atoms with van der Waals surface area (Å²) in [5, 5.41) is 7.05. The molecule has 0 aromatic rings. The van der Waals surface area contributed by atoms with Crippen molar-refractivity contribution >= 4 is 47.2 Å². The van der Waals surface area contributed by atoms with Crippen molar-refractivity contribution in [2.75, 3.05) is 6.61 Å². The number of carbonyl (C=O) groups is 3. The normalized spacial score (nSPS) is 26.4. The summed E-state index contributed by atoms with van der Waals surface area (Å²) in [6, 6.07) is 0. The molecular formula is C12H19ClN2O7S. The fourth-order valence-electron chi connectivity index (χ4n) is 1.94. The summed E-state index contributed by atoms with van der Waals surface area (Å²) >= 11 is 0.807. The molecule has 1 aliphatic rings. The van der Waals surface area contributed by atoms with Crippen LogP contribution in [0.2, 0.25) is 0 Å². The fourth-order valence-corrected chi connectivity index (χ4v) is 2.68. The Morgan fingerprint density at radius 3 is 1.96 bits per heavy atom. The summed E-state index contributed by atoms with van der Waals surface area (Å²) in [5.41, 5.74) is 4.46. The minimum Gasteiger partial charge on any atom is -0.456 e. The van der Waals surface area contributed by atoms with Gasteiger partial charge in [-0.15, -0.1) is 12.4 Å². The van der Waals surface area contributed by atoms with E-state index in [-0.39, 0.29) is 24.2 Å². The monoisotopic (exact) mass is 370 g/mol. The van der Waals surface area contributed by atoms with Gasteiger partial charge in [-0.3, -0.25) is 19.8 Å². The Bertz CT molecular complexity index is 434. The summed E-state index contributed by atoms with van der Waals surface area (Å²) in [4.78, 5) is 33.7. The second kappa shape index (κ2) is 9.58. The molecule has 0 aliphatic carbocycles. The molecule has 0 spiro atoms. The number of nitrogens with one attached hydrogen (secondary N) is 1. The van der Waals surface area contributed by atoms with Gasteiger partial charge in [-0.25, -0.2) is 0 Å². The Kier molecular flexibility index (Phi) is 8.95. The van der Waals surface area contributed by atoms with Crippen LogP contribution < -0.4 is 5.73 Å². The summed E-state index contributed by atoms with van der Waals surface area (Å²) in [5.74, 6) is -1.86. The van der Waals surface area contributed by atoms with Crippen LogP contribution in [-0.4, -0.2) is 53.4 Å². The molecular weight excluding hydrogens is 352 g/mol. The minimum absolute atomic E-state index is 0. The number of esters is 3. The number of ether oxygens (including phenoxy) is 4. The quantitative estimate of drug-likeness (QED) is 0.307. The Hall–Kier alpha value is -1.52. The van der Waals surface area contributed by atoms with Gasteiger partial charge in [0.05, 0.1) is 6.61 Å². The largest absolute Gasteiger partial charge is 0.456 e. The lowest BCUT2D eigenvalue weighted by Gasteiger charge is -2.39. The molecule has 23 heavy (non-hydrogen) atoms. The highest BCUT2D eigenvalue weighted by Gasteiger charge is 2.47. The van der Waals surface area contributed by atoms with Crippen LogP contribution in [0.3, 0.4) is 0 Å². The van der Waals surface area contributed by atoms with Gasteiger partial charge in [-0.1, -0.05) is 11.8 Å². The van der Waals surface area contributed by atoms with Crippen LogP contribution in [0.1, 0.15) is 20.8 Å². The van der Waals surface area contributed by atoms with Gasteiger partial charge in [0.15, 0.2) is 28.9 Å². The molecule has 1 rings (SSSR count). The van der Waals surface area contributed by atoms with Crippen LogP contribution >= 0.6 is 24.2 Å². The molecule has 4 unspecified atom stereocenters. The van der Waals surface area contributed by atoms with Crippen LogP contribution in [0, 0.1) is 5.41 Å². The van der Waals surface area contributed by atoms with Gasteiger partial charge in [0.1, 0.15) is 0 Å². The number of amidine groups is 1. The van der Waals surface area contributed by atoms with E-state index in [0.717, 1.165) is 11.8 Å². The van der Waals surface area contributed by atoms with Gasteiger partial charge in [0, 0.05) is 20.8 Å². The number of halogens is 1. The summed E-state index contributed by atoms with van der Waals surface area (Å²) < 4.78 is 20.7. The number of nitrogens with two attached hydrogens (primary N) is 1. The highest BCUT2D eigenvalue weighted by molar-refractivity contribution is 8.14. The van der Waals surface area contributed by atoms with Gasteiger partial charge in [0.2, 0.25) is 0 Å². The van der Waals surface area contributed by atoms with Crippen molar-refractivity contribution in [1.29, 1.82) is 5.41 Å². The first-order valence-electron chi connectivity index (χ1n) is 6.34. The van der Waals surface area contributed by atoms with E-state index >= 15 is 0 Å². The van der Waals surface area contributed by atoms with Crippen LogP contribution in [0.15, 0.2) is 0 Å². The zero-order chi connectivity index (χ0) is 16.9.